The van der Waals surface area contributed by atoms with Gasteiger partial charge in [0.25, 0.3) is 0 Å². The molecule has 0 spiro atoms. The first-order valence-corrected chi connectivity index (χ1v) is 8.41. The lowest BCUT2D eigenvalue weighted by Gasteiger charge is -2.35. The standard InChI is InChI=1S/C12H9Cl6NO2/c1-3(2)19-8(20)4-5(9(19)21)11(16)7(14)6(13)10(4,15)12(11,17)18/h3-5H,1-2H3/t4-,5-,10-,11-/m1/s1. The minimum Gasteiger partial charge on any atom is -0.279 e. The van der Waals surface area contributed by atoms with E-state index in [1.54, 1.807) is 13.8 Å². The molecule has 1 saturated carbocycles. The molecular formula is C12H9Cl6NO2. The van der Waals surface area contributed by atoms with E-state index < -0.39 is 37.7 Å². The summed E-state index contributed by atoms with van der Waals surface area (Å²) in [5, 5.41) is -0.141. The summed E-state index contributed by atoms with van der Waals surface area (Å²) in [6.07, 6.45) is 0. The fraction of sp³-hybridized carbons (Fsp3) is 0.667. The summed E-state index contributed by atoms with van der Waals surface area (Å²) in [7, 11) is 0. The maximum absolute atomic E-state index is 12.6. The van der Waals surface area contributed by atoms with Crippen molar-refractivity contribution in [3.63, 3.8) is 0 Å². The number of allylic oxidation sites excluding steroid dienone is 2. The number of amides is 2. The van der Waals surface area contributed by atoms with Crippen LogP contribution < -0.4 is 0 Å². The van der Waals surface area contributed by atoms with Crippen LogP contribution in [0.2, 0.25) is 0 Å². The van der Waals surface area contributed by atoms with Crippen molar-refractivity contribution in [2.24, 2.45) is 11.8 Å². The van der Waals surface area contributed by atoms with Gasteiger partial charge in [-0.2, -0.15) is 0 Å². The number of fused-ring (bicyclic) bond motifs is 5. The zero-order chi connectivity index (χ0) is 16.1. The molecule has 0 radical (unpaired) electrons. The molecule has 1 heterocycles. The largest absolute Gasteiger partial charge is 0.279 e. The number of alkyl halides is 4. The van der Waals surface area contributed by atoms with Gasteiger partial charge in [0, 0.05) is 6.04 Å². The minimum absolute atomic E-state index is 0.0705. The number of hydrogen-bond acceptors (Lipinski definition) is 2. The van der Waals surface area contributed by atoms with Crippen LogP contribution in [0, 0.1) is 11.8 Å². The van der Waals surface area contributed by atoms with Crippen LogP contribution in [-0.2, 0) is 9.59 Å². The van der Waals surface area contributed by atoms with E-state index in [0.29, 0.717) is 0 Å². The first-order valence-electron chi connectivity index (χ1n) is 6.14. The average molecular weight is 412 g/mol. The van der Waals surface area contributed by atoms with Gasteiger partial charge in [0.2, 0.25) is 11.8 Å². The third-order valence-electron chi connectivity index (χ3n) is 4.46. The summed E-state index contributed by atoms with van der Waals surface area (Å²) in [6.45, 7) is 3.43. The number of hydrogen-bond donors (Lipinski definition) is 0. The topological polar surface area (TPSA) is 37.4 Å². The van der Waals surface area contributed by atoms with Gasteiger partial charge < -0.3 is 0 Å². The van der Waals surface area contributed by atoms with Crippen LogP contribution in [0.25, 0.3) is 0 Å². The summed E-state index contributed by atoms with van der Waals surface area (Å²) in [5.41, 5.74) is 0. The number of halogens is 6. The van der Waals surface area contributed by atoms with E-state index in [1.165, 1.54) is 0 Å². The van der Waals surface area contributed by atoms with Gasteiger partial charge in [0.1, 0.15) is 9.75 Å². The zero-order valence-corrected chi connectivity index (χ0v) is 15.3. The highest BCUT2D eigenvalue weighted by atomic mass is 35.5. The van der Waals surface area contributed by atoms with E-state index >= 15 is 0 Å². The molecule has 3 aliphatic rings. The van der Waals surface area contributed by atoms with Gasteiger partial charge >= 0.3 is 0 Å². The Bertz CT molecular complexity index is 571. The highest BCUT2D eigenvalue weighted by Gasteiger charge is 2.87. The second kappa shape index (κ2) is 4.37. The smallest absolute Gasteiger partial charge is 0.235 e. The van der Waals surface area contributed by atoms with Crippen LogP contribution in [0.1, 0.15) is 13.8 Å². The zero-order valence-electron chi connectivity index (χ0n) is 10.8. The fourth-order valence-electron chi connectivity index (χ4n) is 3.53. The van der Waals surface area contributed by atoms with Crippen LogP contribution in [0.15, 0.2) is 10.1 Å². The molecule has 9 heteroatoms. The Labute approximate surface area is 151 Å². The minimum atomic E-state index is -1.86. The van der Waals surface area contributed by atoms with Gasteiger partial charge in [-0.15, -0.1) is 23.2 Å². The van der Waals surface area contributed by atoms with Crippen molar-refractivity contribution in [2.45, 2.75) is 34.0 Å². The van der Waals surface area contributed by atoms with E-state index in [0.717, 1.165) is 4.90 Å². The number of rotatable bonds is 1. The van der Waals surface area contributed by atoms with Crippen LogP contribution in [0.4, 0.5) is 0 Å². The average Bonchev–Trinajstić information content (AvgIpc) is 2.75. The molecule has 2 bridgehead atoms. The van der Waals surface area contributed by atoms with E-state index in [9.17, 15) is 9.59 Å². The number of likely N-dealkylation sites (tertiary alicyclic amines) is 1. The monoisotopic (exact) mass is 409 g/mol. The molecule has 3 rings (SSSR count). The van der Waals surface area contributed by atoms with Crippen molar-refractivity contribution in [1.29, 1.82) is 0 Å². The lowest BCUT2D eigenvalue weighted by Crippen LogP contribution is -2.51. The lowest BCUT2D eigenvalue weighted by atomic mass is 9.84. The van der Waals surface area contributed by atoms with Gasteiger partial charge in [-0.3, -0.25) is 14.5 Å². The van der Waals surface area contributed by atoms with Crippen molar-refractivity contribution >= 4 is 81.4 Å². The first kappa shape index (κ1) is 16.5. The maximum Gasteiger partial charge on any atom is 0.235 e. The van der Waals surface area contributed by atoms with E-state index in [4.69, 9.17) is 69.6 Å². The molecule has 0 aromatic carbocycles. The third kappa shape index (κ3) is 1.43. The van der Waals surface area contributed by atoms with Gasteiger partial charge in [0.05, 0.1) is 21.9 Å². The molecule has 1 saturated heterocycles. The Balaban J connectivity index is 2.28. The number of nitrogens with zero attached hydrogens (tertiary/aromatic N) is 1. The van der Waals surface area contributed by atoms with Gasteiger partial charge in [-0.05, 0) is 13.8 Å². The molecule has 0 aromatic rings. The summed E-state index contributed by atoms with van der Waals surface area (Å²) in [4.78, 5) is 23.0. The molecule has 4 atom stereocenters. The SMILES string of the molecule is CC(C)N1C(=O)[C@H]2[C@H](C1=O)[C@@]1(Cl)C(Cl)=C(Cl)[C@@]2(Cl)C1(Cl)Cl. The molecule has 2 amide bonds. The van der Waals surface area contributed by atoms with Gasteiger partial charge in [-0.1, -0.05) is 46.4 Å². The Morgan fingerprint density at radius 3 is 1.52 bits per heavy atom. The Hall–Kier alpha value is 0.620. The normalized spacial score (nSPS) is 44.3. The predicted molar refractivity (Wildman–Crippen MR) is 84.3 cm³/mol. The number of carbonyl (C=O) groups excluding carboxylic acids is 2. The van der Waals surface area contributed by atoms with Crippen LogP contribution in [-0.4, -0.2) is 36.8 Å². The van der Waals surface area contributed by atoms with Crippen molar-refractivity contribution in [3.05, 3.63) is 10.1 Å². The summed E-state index contributed by atoms with van der Waals surface area (Å²) < 4.78 is -1.86. The van der Waals surface area contributed by atoms with Crippen LogP contribution in [0.5, 0.6) is 0 Å². The molecule has 1 aliphatic heterocycles. The Morgan fingerprint density at radius 1 is 0.905 bits per heavy atom. The fourth-order valence-corrected chi connectivity index (χ4v) is 6.45. The van der Waals surface area contributed by atoms with Gasteiger partial charge in [-0.25, -0.2) is 0 Å². The second-order valence-corrected chi connectivity index (χ2v) is 9.00. The molecule has 0 unspecified atom stereocenters. The van der Waals surface area contributed by atoms with Gasteiger partial charge in [0.15, 0.2) is 4.33 Å². The summed E-state index contributed by atoms with van der Waals surface area (Å²) in [6, 6.07) is -0.340. The predicted octanol–water partition coefficient (Wildman–Crippen LogP) is 3.84. The van der Waals surface area contributed by atoms with E-state index in [2.05, 4.69) is 0 Å². The summed E-state index contributed by atoms with van der Waals surface area (Å²) in [5.74, 6) is -3.02. The van der Waals surface area contributed by atoms with E-state index in [1.807, 2.05) is 0 Å². The molecule has 0 aromatic heterocycles. The highest BCUT2D eigenvalue weighted by Crippen LogP contribution is 2.77. The van der Waals surface area contributed by atoms with Crippen molar-refractivity contribution in [1.82, 2.24) is 4.90 Å². The lowest BCUT2D eigenvalue weighted by molar-refractivity contribution is -0.142. The summed E-state index contributed by atoms with van der Waals surface area (Å²) >= 11 is 38.1. The molecule has 116 valence electrons. The molecular weight excluding hydrogens is 403 g/mol. The molecule has 2 fully saturated rings. The Kier molecular flexibility index (Phi) is 3.43. The molecule has 0 N–H and O–H groups in total. The van der Waals surface area contributed by atoms with Crippen molar-refractivity contribution in [3.8, 4) is 0 Å². The van der Waals surface area contributed by atoms with Crippen LogP contribution >= 0.6 is 69.6 Å². The van der Waals surface area contributed by atoms with E-state index in [-0.39, 0.29) is 16.1 Å². The number of imide groups is 1. The second-order valence-electron chi connectivity index (χ2n) is 5.72. The van der Waals surface area contributed by atoms with Crippen molar-refractivity contribution in [2.75, 3.05) is 0 Å². The first-order chi connectivity index (χ1) is 9.45. The molecule has 21 heavy (non-hydrogen) atoms. The highest BCUT2D eigenvalue weighted by molar-refractivity contribution is 6.66. The quantitative estimate of drug-likeness (QED) is 0.485. The Morgan fingerprint density at radius 2 is 1.24 bits per heavy atom. The number of carbonyl (C=O) groups is 2. The van der Waals surface area contributed by atoms with Crippen LogP contribution in [0.3, 0.4) is 0 Å². The maximum atomic E-state index is 12.6. The molecule has 2 aliphatic carbocycles. The third-order valence-corrected chi connectivity index (χ3v) is 8.72. The van der Waals surface area contributed by atoms with Crippen molar-refractivity contribution < 1.29 is 9.59 Å². The molecule has 3 nitrogen and oxygen atoms in total.